The molecule has 2 aliphatic heterocycles. The van der Waals surface area contributed by atoms with Gasteiger partial charge in [0.2, 0.25) is 0 Å². The van der Waals surface area contributed by atoms with Crippen LogP contribution >= 0.6 is 0 Å². The van der Waals surface area contributed by atoms with E-state index in [4.69, 9.17) is 4.98 Å². The average Bonchev–Trinajstić information content (AvgIpc) is 3.29. The van der Waals surface area contributed by atoms with Gasteiger partial charge in [0.15, 0.2) is 11.5 Å². The van der Waals surface area contributed by atoms with Gasteiger partial charge in [-0.25, -0.2) is 14.3 Å². The SMILES string of the molecule is Cc1c2c(c3nc(C4CN(c5ccnc(C(F)(F)F)c5)C4)nn3c1C)CN(C(=O)O)C2. The van der Waals surface area contributed by atoms with Crippen molar-refractivity contribution in [2.75, 3.05) is 18.0 Å². The average molecular weight is 432 g/mol. The molecular formula is C20H19F3N6O2. The Kier molecular flexibility index (Phi) is 4.15. The van der Waals surface area contributed by atoms with Crippen LogP contribution in [-0.2, 0) is 19.3 Å². The number of carboxylic acid groups (broad SMARTS) is 1. The highest BCUT2D eigenvalue weighted by Crippen LogP contribution is 2.36. The van der Waals surface area contributed by atoms with E-state index in [0.717, 1.165) is 34.6 Å². The Hall–Kier alpha value is -3.37. The molecule has 1 saturated heterocycles. The predicted molar refractivity (Wildman–Crippen MR) is 104 cm³/mol. The minimum absolute atomic E-state index is 0.0188. The summed E-state index contributed by atoms with van der Waals surface area (Å²) < 4.78 is 40.5. The molecule has 0 spiro atoms. The third kappa shape index (κ3) is 3.06. The number of rotatable bonds is 2. The molecule has 0 aliphatic carbocycles. The first kappa shape index (κ1) is 19.6. The molecule has 0 radical (unpaired) electrons. The van der Waals surface area contributed by atoms with E-state index in [-0.39, 0.29) is 12.5 Å². The molecule has 8 nitrogen and oxygen atoms in total. The first-order valence-corrected chi connectivity index (χ1v) is 9.77. The van der Waals surface area contributed by atoms with Crippen LogP contribution in [-0.4, -0.2) is 48.8 Å². The molecular weight excluding hydrogens is 413 g/mol. The lowest BCUT2D eigenvalue weighted by Gasteiger charge is -2.39. The van der Waals surface area contributed by atoms with E-state index in [2.05, 4.69) is 10.1 Å². The van der Waals surface area contributed by atoms with E-state index in [0.29, 0.717) is 36.8 Å². The minimum atomic E-state index is -4.48. The van der Waals surface area contributed by atoms with Crippen LogP contribution in [0.1, 0.15) is 39.8 Å². The van der Waals surface area contributed by atoms with Crippen LogP contribution in [0, 0.1) is 13.8 Å². The first-order valence-electron chi connectivity index (χ1n) is 9.77. The lowest BCUT2D eigenvalue weighted by Crippen LogP contribution is -2.45. The Morgan fingerprint density at radius 1 is 1.19 bits per heavy atom. The molecule has 0 aromatic carbocycles. The largest absolute Gasteiger partial charge is 0.465 e. The van der Waals surface area contributed by atoms with Crippen molar-refractivity contribution in [2.45, 2.75) is 39.0 Å². The van der Waals surface area contributed by atoms with Gasteiger partial charge in [0, 0.05) is 36.2 Å². The number of fused-ring (bicyclic) bond motifs is 3. The molecule has 11 heteroatoms. The maximum absolute atomic E-state index is 12.9. The summed E-state index contributed by atoms with van der Waals surface area (Å²) in [6, 6.07) is 2.61. The highest BCUT2D eigenvalue weighted by molar-refractivity contribution is 5.69. The van der Waals surface area contributed by atoms with E-state index >= 15 is 0 Å². The van der Waals surface area contributed by atoms with Crippen LogP contribution in [0.2, 0.25) is 0 Å². The molecule has 0 saturated carbocycles. The zero-order chi connectivity index (χ0) is 22.1. The van der Waals surface area contributed by atoms with Crippen molar-refractivity contribution in [3.05, 3.63) is 52.2 Å². The van der Waals surface area contributed by atoms with Gasteiger partial charge in [0.05, 0.1) is 19.0 Å². The quantitative estimate of drug-likeness (QED) is 0.668. The Morgan fingerprint density at radius 2 is 1.90 bits per heavy atom. The maximum atomic E-state index is 12.9. The molecule has 5 heterocycles. The second-order valence-corrected chi connectivity index (χ2v) is 8.01. The minimum Gasteiger partial charge on any atom is -0.465 e. The summed E-state index contributed by atoms with van der Waals surface area (Å²) in [7, 11) is 0. The Morgan fingerprint density at radius 3 is 2.58 bits per heavy atom. The molecule has 1 amide bonds. The van der Waals surface area contributed by atoms with E-state index < -0.39 is 18.0 Å². The van der Waals surface area contributed by atoms with Crippen LogP contribution in [0.5, 0.6) is 0 Å². The topological polar surface area (TPSA) is 86.9 Å². The van der Waals surface area contributed by atoms with E-state index in [1.807, 2.05) is 18.7 Å². The maximum Gasteiger partial charge on any atom is 0.433 e. The fourth-order valence-electron chi connectivity index (χ4n) is 4.25. The number of alkyl halides is 3. The van der Waals surface area contributed by atoms with Crippen molar-refractivity contribution >= 4 is 17.4 Å². The second-order valence-electron chi connectivity index (χ2n) is 8.01. The Labute approximate surface area is 174 Å². The number of anilines is 1. The molecule has 3 aromatic rings. The number of carbonyl (C=O) groups is 1. The normalized spacial score (nSPS) is 16.7. The highest BCUT2D eigenvalue weighted by Gasteiger charge is 2.36. The molecule has 0 atom stereocenters. The van der Waals surface area contributed by atoms with Crippen LogP contribution in [0.25, 0.3) is 5.65 Å². The fraction of sp³-hybridized carbons (Fsp3) is 0.400. The zero-order valence-corrected chi connectivity index (χ0v) is 16.8. The van der Waals surface area contributed by atoms with E-state index in [1.54, 1.807) is 10.6 Å². The molecule has 5 rings (SSSR count). The first-order chi connectivity index (χ1) is 14.6. The van der Waals surface area contributed by atoms with Crippen molar-refractivity contribution in [1.29, 1.82) is 0 Å². The summed E-state index contributed by atoms with van der Waals surface area (Å²) in [6.07, 6.45) is -4.29. The molecule has 1 N–H and O–H groups in total. The van der Waals surface area contributed by atoms with Crippen molar-refractivity contribution in [2.24, 2.45) is 0 Å². The number of hydrogen-bond acceptors (Lipinski definition) is 5. The van der Waals surface area contributed by atoms with Gasteiger partial charge in [0.25, 0.3) is 0 Å². The number of aryl methyl sites for hydroxylation is 1. The third-order valence-electron chi connectivity index (χ3n) is 6.19. The smallest absolute Gasteiger partial charge is 0.433 e. The van der Waals surface area contributed by atoms with Crippen LogP contribution in [0.4, 0.5) is 23.7 Å². The number of halogens is 3. The van der Waals surface area contributed by atoms with Crippen LogP contribution in [0.3, 0.4) is 0 Å². The van der Waals surface area contributed by atoms with E-state index in [1.165, 1.54) is 4.90 Å². The molecule has 2 aliphatic rings. The van der Waals surface area contributed by atoms with Crippen LogP contribution in [0.15, 0.2) is 18.3 Å². The van der Waals surface area contributed by atoms with Gasteiger partial charge in [-0.05, 0) is 37.1 Å². The van der Waals surface area contributed by atoms with Gasteiger partial charge in [-0.1, -0.05) is 0 Å². The van der Waals surface area contributed by atoms with E-state index in [9.17, 15) is 23.1 Å². The summed E-state index contributed by atoms with van der Waals surface area (Å²) in [4.78, 5) is 22.7. The molecule has 162 valence electrons. The third-order valence-corrected chi connectivity index (χ3v) is 6.19. The number of pyridine rings is 2. The van der Waals surface area contributed by atoms with Gasteiger partial charge < -0.3 is 10.0 Å². The molecule has 3 aromatic heterocycles. The Bertz CT molecular complexity index is 1220. The zero-order valence-electron chi connectivity index (χ0n) is 16.8. The number of hydrogen-bond donors (Lipinski definition) is 1. The molecule has 1 fully saturated rings. The van der Waals surface area contributed by atoms with Crippen molar-refractivity contribution in [3.63, 3.8) is 0 Å². The standard InChI is InChI=1S/C20H19F3N6O2/c1-10-11(2)29-18(15-9-28(19(30)31)8-14(10)15)25-17(26-29)12-6-27(7-12)13-3-4-24-16(5-13)20(21,22)23/h3-5,12H,6-9H2,1-2H3,(H,30,31). The van der Waals surface area contributed by atoms with Gasteiger partial charge >= 0.3 is 12.3 Å². The lowest BCUT2D eigenvalue weighted by molar-refractivity contribution is -0.141. The van der Waals surface area contributed by atoms with Gasteiger partial charge in [-0.15, -0.1) is 0 Å². The highest BCUT2D eigenvalue weighted by atomic mass is 19.4. The monoisotopic (exact) mass is 432 g/mol. The lowest BCUT2D eigenvalue weighted by atomic mass is 9.98. The molecule has 0 unspecified atom stereocenters. The summed E-state index contributed by atoms with van der Waals surface area (Å²) >= 11 is 0. The van der Waals surface area contributed by atoms with Crippen molar-refractivity contribution in [1.82, 2.24) is 24.5 Å². The number of amides is 1. The summed E-state index contributed by atoms with van der Waals surface area (Å²) in [6.45, 7) is 5.47. The predicted octanol–water partition coefficient (Wildman–Crippen LogP) is 3.36. The number of aromatic nitrogens is 4. The van der Waals surface area contributed by atoms with Gasteiger partial charge in [-0.3, -0.25) is 9.88 Å². The number of nitrogens with zero attached hydrogens (tertiary/aromatic N) is 6. The Balaban J connectivity index is 1.42. The van der Waals surface area contributed by atoms with Gasteiger partial charge in [-0.2, -0.15) is 18.3 Å². The van der Waals surface area contributed by atoms with Crippen molar-refractivity contribution in [3.8, 4) is 0 Å². The molecule has 0 bridgehead atoms. The van der Waals surface area contributed by atoms with Crippen molar-refractivity contribution < 1.29 is 23.1 Å². The van der Waals surface area contributed by atoms with Gasteiger partial charge in [0.1, 0.15) is 5.69 Å². The summed E-state index contributed by atoms with van der Waals surface area (Å²) in [5.74, 6) is 0.598. The summed E-state index contributed by atoms with van der Waals surface area (Å²) in [5.41, 5.74) is 3.94. The molecule has 31 heavy (non-hydrogen) atoms. The summed E-state index contributed by atoms with van der Waals surface area (Å²) in [5, 5.41) is 14.0. The second kappa shape index (κ2) is 6.56. The van der Waals surface area contributed by atoms with Crippen LogP contribution < -0.4 is 4.90 Å². The fourth-order valence-corrected chi connectivity index (χ4v) is 4.25.